The summed E-state index contributed by atoms with van der Waals surface area (Å²) in [7, 11) is 0. The van der Waals surface area contributed by atoms with Crippen LogP contribution in [0.5, 0.6) is 0 Å². The Morgan fingerprint density at radius 1 is 1.52 bits per heavy atom. The zero-order valence-electron chi connectivity index (χ0n) is 11.9. The zero-order valence-corrected chi connectivity index (χ0v) is 12.7. The second kappa shape index (κ2) is 6.32. The Kier molecular flexibility index (Phi) is 4.26. The van der Waals surface area contributed by atoms with E-state index in [1.807, 2.05) is 34.7 Å². The van der Waals surface area contributed by atoms with Crippen LogP contribution in [-0.2, 0) is 16.0 Å². The van der Waals surface area contributed by atoms with Gasteiger partial charge in [0, 0.05) is 18.4 Å². The van der Waals surface area contributed by atoms with Crippen LogP contribution in [0.1, 0.15) is 23.2 Å². The predicted octanol–water partition coefficient (Wildman–Crippen LogP) is 1.99. The van der Waals surface area contributed by atoms with Gasteiger partial charge >= 0.3 is 0 Å². The van der Waals surface area contributed by atoms with Crippen molar-refractivity contribution in [2.45, 2.75) is 19.4 Å². The van der Waals surface area contributed by atoms with Crippen molar-refractivity contribution in [3.8, 4) is 0 Å². The van der Waals surface area contributed by atoms with Gasteiger partial charge in [-0.1, -0.05) is 0 Å². The van der Waals surface area contributed by atoms with Crippen molar-refractivity contribution < 1.29 is 9.53 Å². The quantitative estimate of drug-likeness (QED) is 0.870. The van der Waals surface area contributed by atoms with Gasteiger partial charge in [0.1, 0.15) is 6.10 Å². The second-order valence-electron chi connectivity index (χ2n) is 5.06. The summed E-state index contributed by atoms with van der Waals surface area (Å²) in [6, 6.07) is 3.84. The second-order valence-corrected chi connectivity index (χ2v) is 5.84. The fraction of sp³-hybridized carbons (Fsp3) is 0.400. The first-order valence-electron chi connectivity index (χ1n) is 6.92. The Hall–Kier alpha value is -1.79. The number of thiophene rings is 1. The third-order valence-electron chi connectivity index (χ3n) is 3.46. The summed E-state index contributed by atoms with van der Waals surface area (Å²) in [6.45, 7) is 3.60. The first-order valence-corrected chi connectivity index (χ1v) is 7.86. The zero-order chi connectivity index (χ0) is 14.7. The number of hydrogen-bond acceptors (Lipinski definition) is 5. The number of carbonyl (C=O) groups is 1. The third kappa shape index (κ3) is 3.46. The number of carbonyl (C=O) groups excluding carboxylic acids is 1. The van der Waals surface area contributed by atoms with E-state index in [0.29, 0.717) is 31.9 Å². The Bertz CT molecular complexity index is 615. The van der Waals surface area contributed by atoms with Gasteiger partial charge in [0.25, 0.3) is 0 Å². The average molecular weight is 303 g/mol. The molecule has 2 aromatic rings. The van der Waals surface area contributed by atoms with Crippen LogP contribution in [0, 0.1) is 6.92 Å². The maximum atomic E-state index is 12.3. The number of ether oxygens (including phenoxy) is 1. The van der Waals surface area contributed by atoms with Crippen LogP contribution in [0.25, 0.3) is 0 Å². The van der Waals surface area contributed by atoms with Crippen LogP contribution in [0.3, 0.4) is 0 Å². The van der Waals surface area contributed by atoms with Crippen molar-refractivity contribution in [1.29, 1.82) is 0 Å². The minimum absolute atomic E-state index is 0.134. The van der Waals surface area contributed by atoms with E-state index in [-0.39, 0.29) is 12.0 Å². The lowest BCUT2D eigenvalue weighted by atomic mass is 10.2. The number of nitrogens with zero attached hydrogens (tertiary/aromatic N) is 3. The van der Waals surface area contributed by atoms with E-state index in [2.05, 4.69) is 9.97 Å². The molecule has 0 radical (unpaired) electrons. The molecule has 1 aliphatic heterocycles. The Balaban J connectivity index is 1.66. The van der Waals surface area contributed by atoms with E-state index < -0.39 is 0 Å². The summed E-state index contributed by atoms with van der Waals surface area (Å²) < 4.78 is 5.72. The smallest absolute Gasteiger partial charge is 0.227 e. The highest BCUT2D eigenvalue weighted by atomic mass is 32.1. The molecule has 1 aliphatic rings. The number of hydrogen-bond donors (Lipinski definition) is 0. The molecule has 1 atom stereocenters. The van der Waals surface area contributed by atoms with Crippen LogP contribution < -0.4 is 0 Å². The van der Waals surface area contributed by atoms with Gasteiger partial charge in [-0.05, 0) is 35.4 Å². The standard InChI is InChI=1S/C15H17N3O2S/c1-11-2-4-16-15(17-11)13-9-18(5-6-20-13)14(19)8-12-3-7-21-10-12/h2-4,7,10,13H,5-6,8-9H2,1H3. The van der Waals surface area contributed by atoms with Gasteiger partial charge in [0.2, 0.25) is 5.91 Å². The van der Waals surface area contributed by atoms with Crippen molar-refractivity contribution in [2.24, 2.45) is 0 Å². The van der Waals surface area contributed by atoms with E-state index in [0.717, 1.165) is 11.3 Å². The average Bonchev–Trinajstić information content (AvgIpc) is 3.00. The molecule has 0 saturated carbocycles. The van der Waals surface area contributed by atoms with Gasteiger partial charge in [-0.2, -0.15) is 11.3 Å². The molecule has 0 spiro atoms. The fourth-order valence-electron chi connectivity index (χ4n) is 2.34. The van der Waals surface area contributed by atoms with Gasteiger partial charge < -0.3 is 9.64 Å². The summed E-state index contributed by atoms with van der Waals surface area (Å²) in [5.74, 6) is 0.789. The fourth-order valence-corrected chi connectivity index (χ4v) is 3.00. The van der Waals surface area contributed by atoms with Crippen LogP contribution in [0.4, 0.5) is 0 Å². The van der Waals surface area contributed by atoms with Crippen LogP contribution in [0.2, 0.25) is 0 Å². The molecule has 110 valence electrons. The molecule has 1 amide bonds. The highest BCUT2D eigenvalue weighted by molar-refractivity contribution is 7.07. The van der Waals surface area contributed by atoms with Crippen molar-refractivity contribution in [2.75, 3.05) is 19.7 Å². The molecule has 1 unspecified atom stereocenters. The first-order chi connectivity index (χ1) is 10.2. The van der Waals surface area contributed by atoms with Crippen molar-refractivity contribution >= 4 is 17.2 Å². The number of amides is 1. The van der Waals surface area contributed by atoms with Crippen LogP contribution in [-0.4, -0.2) is 40.5 Å². The molecule has 0 bridgehead atoms. The maximum absolute atomic E-state index is 12.3. The maximum Gasteiger partial charge on any atom is 0.227 e. The van der Waals surface area contributed by atoms with Crippen molar-refractivity contribution in [3.63, 3.8) is 0 Å². The molecule has 0 N–H and O–H groups in total. The van der Waals surface area contributed by atoms with E-state index in [1.54, 1.807) is 17.5 Å². The molecule has 1 fully saturated rings. The van der Waals surface area contributed by atoms with Gasteiger partial charge in [-0.25, -0.2) is 9.97 Å². The minimum atomic E-state index is -0.231. The Morgan fingerprint density at radius 2 is 2.43 bits per heavy atom. The summed E-state index contributed by atoms with van der Waals surface area (Å²) in [4.78, 5) is 22.8. The van der Waals surface area contributed by atoms with Crippen molar-refractivity contribution in [3.05, 3.63) is 46.2 Å². The highest BCUT2D eigenvalue weighted by Crippen LogP contribution is 2.20. The number of morpholine rings is 1. The molecule has 21 heavy (non-hydrogen) atoms. The number of aromatic nitrogens is 2. The third-order valence-corrected chi connectivity index (χ3v) is 4.19. The SMILES string of the molecule is Cc1ccnc(C2CN(C(=O)Cc3ccsc3)CCO2)n1. The topological polar surface area (TPSA) is 55.3 Å². The minimum Gasteiger partial charge on any atom is -0.367 e. The normalized spacial score (nSPS) is 18.7. The van der Waals surface area contributed by atoms with E-state index in [9.17, 15) is 4.79 Å². The highest BCUT2D eigenvalue weighted by Gasteiger charge is 2.27. The molecule has 0 aromatic carbocycles. The Labute approximate surface area is 127 Å². The summed E-state index contributed by atoms with van der Waals surface area (Å²) in [5, 5.41) is 4.00. The first kappa shape index (κ1) is 14.2. The molecule has 3 rings (SSSR count). The monoisotopic (exact) mass is 303 g/mol. The van der Waals surface area contributed by atoms with Crippen LogP contribution >= 0.6 is 11.3 Å². The number of rotatable bonds is 3. The lowest BCUT2D eigenvalue weighted by Gasteiger charge is -2.32. The molecule has 3 heterocycles. The molecule has 5 nitrogen and oxygen atoms in total. The molecule has 1 saturated heterocycles. The van der Waals surface area contributed by atoms with E-state index >= 15 is 0 Å². The summed E-state index contributed by atoms with van der Waals surface area (Å²) >= 11 is 1.61. The molecule has 2 aromatic heterocycles. The predicted molar refractivity (Wildman–Crippen MR) is 80.1 cm³/mol. The van der Waals surface area contributed by atoms with Gasteiger partial charge in [-0.3, -0.25) is 4.79 Å². The Morgan fingerprint density at radius 3 is 3.19 bits per heavy atom. The lowest BCUT2D eigenvalue weighted by molar-refractivity contribution is -0.138. The van der Waals surface area contributed by atoms with Gasteiger partial charge in [0.15, 0.2) is 5.82 Å². The van der Waals surface area contributed by atoms with E-state index in [4.69, 9.17) is 4.74 Å². The molecule has 0 aliphatic carbocycles. The van der Waals surface area contributed by atoms with Gasteiger partial charge in [0.05, 0.1) is 19.6 Å². The van der Waals surface area contributed by atoms with Gasteiger partial charge in [-0.15, -0.1) is 0 Å². The molecule has 6 heteroatoms. The van der Waals surface area contributed by atoms with E-state index in [1.165, 1.54) is 0 Å². The largest absolute Gasteiger partial charge is 0.367 e. The van der Waals surface area contributed by atoms with Crippen LogP contribution in [0.15, 0.2) is 29.1 Å². The summed E-state index contributed by atoms with van der Waals surface area (Å²) in [5.41, 5.74) is 1.98. The lowest BCUT2D eigenvalue weighted by Crippen LogP contribution is -2.43. The van der Waals surface area contributed by atoms with Crippen molar-refractivity contribution in [1.82, 2.24) is 14.9 Å². The molecular weight excluding hydrogens is 286 g/mol. The number of aryl methyl sites for hydroxylation is 1. The molecular formula is C15H17N3O2S. The summed E-state index contributed by atoms with van der Waals surface area (Å²) in [6.07, 6.45) is 1.95.